The van der Waals surface area contributed by atoms with Crippen LogP contribution in [0.5, 0.6) is 0 Å². The SMILES string of the molecule is CN(CCCc1cc(-c2cccc(F)c2)n[nH]1)C(=O)Cn1nc2n(c1=O)CCCCC2. The Balaban J connectivity index is 1.29. The molecule has 0 saturated carbocycles. The van der Waals surface area contributed by atoms with Crippen LogP contribution in [-0.4, -0.2) is 48.9 Å². The van der Waals surface area contributed by atoms with Crippen LogP contribution in [0.3, 0.4) is 0 Å². The first-order valence-corrected chi connectivity index (χ1v) is 10.7. The lowest BCUT2D eigenvalue weighted by molar-refractivity contribution is -0.130. The Morgan fingerprint density at radius 3 is 2.97 bits per heavy atom. The van der Waals surface area contributed by atoms with Gasteiger partial charge in [-0.15, -0.1) is 0 Å². The molecule has 0 saturated heterocycles. The van der Waals surface area contributed by atoms with Gasteiger partial charge in [-0.2, -0.15) is 10.2 Å². The molecule has 2 aromatic heterocycles. The van der Waals surface area contributed by atoms with Crippen LogP contribution in [0.25, 0.3) is 11.3 Å². The molecule has 0 unspecified atom stereocenters. The van der Waals surface area contributed by atoms with Crippen molar-refractivity contribution in [2.45, 2.75) is 51.6 Å². The lowest BCUT2D eigenvalue weighted by atomic mass is 10.1. The highest BCUT2D eigenvalue weighted by molar-refractivity contribution is 5.75. The minimum atomic E-state index is -0.296. The number of hydrogen-bond acceptors (Lipinski definition) is 4. The van der Waals surface area contributed by atoms with Crippen LogP contribution in [-0.2, 0) is 30.7 Å². The molecule has 3 heterocycles. The van der Waals surface area contributed by atoms with E-state index in [4.69, 9.17) is 0 Å². The van der Waals surface area contributed by atoms with Gasteiger partial charge in [0, 0.05) is 37.8 Å². The van der Waals surface area contributed by atoms with Gasteiger partial charge in [-0.25, -0.2) is 13.9 Å². The Hall–Kier alpha value is -3.23. The number of benzene rings is 1. The van der Waals surface area contributed by atoms with Crippen LogP contribution < -0.4 is 5.69 Å². The third kappa shape index (κ3) is 4.92. The fraction of sp³-hybridized carbons (Fsp3) is 0.455. The zero-order valence-corrected chi connectivity index (χ0v) is 17.7. The molecule has 4 rings (SSSR count). The summed E-state index contributed by atoms with van der Waals surface area (Å²) in [5, 5.41) is 11.6. The second kappa shape index (κ2) is 9.28. The Labute approximate surface area is 179 Å². The molecule has 1 N–H and O–H groups in total. The molecule has 1 aliphatic rings. The molecular formula is C22H27FN6O2. The van der Waals surface area contributed by atoms with Crippen LogP contribution in [0.15, 0.2) is 35.1 Å². The fourth-order valence-corrected chi connectivity index (χ4v) is 3.89. The van der Waals surface area contributed by atoms with E-state index in [1.165, 1.54) is 16.8 Å². The highest BCUT2D eigenvalue weighted by atomic mass is 19.1. The van der Waals surface area contributed by atoms with Gasteiger partial charge in [0.2, 0.25) is 5.91 Å². The zero-order chi connectivity index (χ0) is 21.8. The minimum Gasteiger partial charge on any atom is -0.344 e. The number of H-pyrrole nitrogens is 1. The molecule has 1 amide bonds. The first-order valence-electron chi connectivity index (χ1n) is 10.7. The summed E-state index contributed by atoms with van der Waals surface area (Å²) in [6, 6.07) is 8.21. The maximum Gasteiger partial charge on any atom is 0.346 e. The molecule has 8 nitrogen and oxygen atoms in total. The van der Waals surface area contributed by atoms with E-state index in [9.17, 15) is 14.0 Å². The van der Waals surface area contributed by atoms with E-state index in [0.29, 0.717) is 25.2 Å². The van der Waals surface area contributed by atoms with Gasteiger partial charge in [-0.1, -0.05) is 18.6 Å². The average molecular weight is 426 g/mol. The van der Waals surface area contributed by atoms with Crippen LogP contribution in [0.1, 0.15) is 37.2 Å². The summed E-state index contributed by atoms with van der Waals surface area (Å²) in [5.74, 6) is 0.349. The van der Waals surface area contributed by atoms with Gasteiger partial charge in [-0.3, -0.25) is 14.5 Å². The van der Waals surface area contributed by atoms with Gasteiger partial charge in [0.15, 0.2) is 0 Å². The van der Waals surface area contributed by atoms with Crippen molar-refractivity contribution >= 4 is 5.91 Å². The first kappa shape index (κ1) is 21.0. The second-order valence-corrected chi connectivity index (χ2v) is 8.03. The summed E-state index contributed by atoms with van der Waals surface area (Å²) in [6.07, 6.45) is 5.33. The molecule has 0 atom stereocenters. The van der Waals surface area contributed by atoms with Gasteiger partial charge >= 0.3 is 5.69 Å². The molecule has 3 aromatic rings. The smallest absolute Gasteiger partial charge is 0.344 e. The standard InChI is InChI=1S/C22H27FN6O2/c1-27(21(30)15-29-22(31)28-12-4-2-3-10-20(28)26-29)11-6-9-18-14-19(25-24-18)16-7-5-8-17(23)13-16/h5,7-8,13-14H,2-4,6,9-12,15H2,1H3,(H,24,25). The third-order valence-corrected chi connectivity index (χ3v) is 5.68. The van der Waals surface area contributed by atoms with Gasteiger partial charge in [0.05, 0.1) is 5.69 Å². The number of halogens is 1. The molecule has 31 heavy (non-hydrogen) atoms. The molecule has 9 heteroatoms. The number of amides is 1. The number of nitrogens with zero attached hydrogens (tertiary/aromatic N) is 5. The molecule has 0 aliphatic carbocycles. The molecule has 164 valence electrons. The molecule has 0 radical (unpaired) electrons. The van der Waals surface area contributed by atoms with Gasteiger partial charge in [0.25, 0.3) is 0 Å². The third-order valence-electron chi connectivity index (χ3n) is 5.68. The van der Waals surface area contributed by atoms with E-state index in [1.807, 2.05) is 12.1 Å². The monoisotopic (exact) mass is 426 g/mol. The second-order valence-electron chi connectivity index (χ2n) is 8.03. The molecule has 1 aromatic carbocycles. The number of aromatic nitrogens is 5. The van der Waals surface area contributed by atoms with Crippen LogP contribution >= 0.6 is 0 Å². The lowest BCUT2D eigenvalue weighted by Gasteiger charge is -2.16. The Morgan fingerprint density at radius 2 is 2.13 bits per heavy atom. The predicted molar refractivity (Wildman–Crippen MR) is 114 cm³/mol. The zero-order valence-electron chi connectivity index (χ0n) is 17.7. The predicted octanol–water partition coefficient (Wildman–Crippen LogP) is 2.39. The van der Waals surface area contributed by atoms with E-state index >= 15 is 0 Å². The number of rotatable bonds is 7. The van der Waals surface area contributed by atoms with Crippen molar-refractivity contribution in [3.05, 3.63) is 58.2 Å². The average Bonchev–Trinajstić information content (AvgIpc) is 3.25. The fourth-order valence-electron chi connectivity index (χ4n) is 3.89. The van der Waals surface area contributed by atoms with Crippen molar-refractivity contribution in [3.8, 4) is 11.3 Å². The molecular weight excluding hydrogens is 399 g/mol. The number of likely N-dealkylation sites (N-methyl/N-ethyl adjacent to an activating group) is 1. The van der Waals surface area contributed by atoms with Crippen LogP contribution in [0, 0.1) is 5.82 Å². The summed E-state index contributed by atoms with van der Waals surface area (Å²) >= 11 is 0. The highest BCUT2D eigenvalue weighted by Crippen LogP contribution is 2.19. The molecule has 0 bridgehead atoms. The van der Waals surface area contributed by atoms with E-state index in [-0.39, 0.29) is 24.0 Å². The Kier molecular flexibility index (Phi) is 6.29. The largest absolute Gasteiger partial charge is 0.346 e. The quantitative estimate of drug-likeness (QED) is 0.628. The van der Waals surface area contributed by atoms with E-state index in [1.54, 1.807) is 22.6 Å². The Bertz CT molecular complexity index is 1120. The number of carbonyl (C=O) groups is 1. The van der Waals surface area contributed by atoms with Crippen LogP contribution in [0.4, 0.5) is 4.39 Å². The minimum absolute atomic E-state index is 0.0386. The Morgan fingerprint density at radius 1 is 1.26 bits per heavy atom. The van der Waals surface area contributed by atoms with Crippen molar-refractivity contribution in [2.24, 2.45) is 0 Å². The normalized spacial score (nSPS) is 13.6. The van der Waals surface area contributed by atoms with E-state index < -0.39 is 0 Å². The van der Waals surface area contributed by atoms with Gasteiger partial charge in [0.1, 0.15) is 18.2 Å². The number of aromatic amines is 1. The maximum atomic E-state index is 13.4. The van der Waals surface area contributed by atoms with Crippen molar-refractivity contribution in [2.75, 3.05) is 13.6 Å². The van der Waals surface area contributed by atoms with Crippen molar-refractivity contribution < 1.29 is 9.18 Å². The number of fused-ring (bicyclic) bond motifs is 1. The molecule has 1 aliphatic heterocycles. The summed E-state index contributed by atoms with van der Waals surface area (Å²) in [6.45, 7) is 1.19. The number of hydrogen-bond donors (Lipinski definition) is 1. The maximum absolute atomic E-state index is 13.4. The van der Waals surface area contributed by atoms with E-state index in [2.05, 4.69) is 15.3 Å². The van der Waals surface area contributed by atoms with Crippen molar-refractivity contribution in [3.63, 3.8) is 0 Å². The van der Waals surface area contributed by atoms with Gasteiger partial charge < -0.3 is 4.90 Å². The topological polar surface area (TPSA) is 88.8 Å². The highest BCUT2D eigenvalue weighted by Gasteiger charge is 2.18. The van der Waals surface area contributed by atoms with E-state index in [0.717, 1.165) is 49.2 Å². The van der Waals surface area contributed by atoms with Gasteiger partial charge in [-0.05, 0) is 43.9 Å². The number of nitrogens with one attached hydrogen (secondary N) is 1. The number of aryl methyl sites for hydroxylation is 2. The summed E-state index contributed by atoms with van der Waals surface area (Å²) in [7, 11) is 1.74. The van der Waals surface area contributed by atoms with Crippen molar-refractivity contribution in [1.29, 1.82) is 0 Å². The lowest BCUT2D eigenvalue weighted by Crippen LogP contribution is -2.35. The summed E-state index contributed by atoms with van der Waals surface area (Å²) in [5.41, 5.74) is 2.15. The first-order chi connectivity index (χ1) is 15.0. The number of carbonyl (C=O) groups excluding carboxylic acids is 1. The molecule has 0 fully saturated rings. The summed E-state index contributed by atoms with van der Waals surface area (Å²) < 4.78 is 16.4. The van der Waals surface area contributed by atoms with Crippen molar-refractivity contribution in [1.82, 2.24) is 29.4 Å². The molecule has 0 spiro atoms. The van der Waals surface area contributed by atoms with Crippen LogP contribution in [0.2, 0.25) is 0 Å². The summed E-state index contributed by atoms with van der Waals surface area (Å²) in [4.78, 5) is 26.7.